The molecule has 5 nitrogen and oxygen atoms in total. The molecule has 1 unspecified atom stereocenters. The lowest BCUT2D eigenvalue weighted by Crippen LogP contribution is -2.37. The number of hydrogen-bond acceptors (Lipinski definition) is 4. The molecule has 0 N–H and O–H groups in total. The minimum absolute atomic E-state index is 0.0637. The summed E-state index contributed by atoms with van der Waals surface area (Å²) >= 11 is 6.05. The molecule has 0 radical (unpaired) electrons. The van der Waals surface area contributed by atoms with Gasteiger partial charge < -0.3 is 9.42 Å². The van der Waals surface area contributed by atoms with Gasteiger partial charge in [0.15, 0.2) is 5.82 Å². The molecule has 0 bridgehead atoms. The third kappa shape index (κ3) is 3.27. The fourth-order valence-corrected chi connectivity index (χ4v) is 4.07. The third-order valence-electron chi connectivity index (χ3n) is 5.14. The Balaban J connectivity index is 1.51. The van der Waals surface area contributed by atoms with E-state index < -0.39 is 5.82 Å². The van der Waals surface area contributed by atoms with E-state index in [0.29, 0.717) is 30.4 Å². The van der Waals surface area contributed by atoms with Gasteiger partial charge in [-0.05, 0) is 31.0 Å². The first kappa shape index (κ1) is 16.5. The molecule has 1 saturated carbocycles. The van der Waals surface area contributed by atoms with Crippen LogP contribution in [0, 0.1) is 5.82 Å². The Bertz CT molecular complexity index is 788. The molecule has 4 rings (SSSR count). The summed E-state index contributed by atoms with van der Waals surface area (Å²) in [5.41, 5.74) is 0.496. The Labute approximate surface area is 150 Å². The summed E-state index contributed by atoms with van der Waals surface area (Å²) in [5.74, 6) is 0.456. The normalized spacial score (nSPS) is 21.9. The highest BCUT2D eigenvalue weighted by Gasteiger charge is 2.37. The predicted molar refractivity (Wildman–Crippen MR) is 90.6 cm³/mol. The lowest BCUT2D eigenvalue weighted by atomic mass is 9.94. The van der Waals surface area contributed by atoms with Crippen molar-refractivity contribution in [2.24, 2.45) is 0 Å². The van der Waals surface area contributed by atoms with Crippen molar-refractivity contribution in [1.82, 2.24) is 15.0 Å². The van der Waals surface area contributed by atoms with Crippen LogP contribution in [0.25, 0.3) is 11.5 Å². The van der Waals surface area contributed by atoms with Crippen LogP contribution in [0.3, 0.4) is 0 Å². The van der Waals surface area contributed by atoms with E-state index in [0.717, 1.165) is 12.8 Å². The van der Waals surface area contributed by atoms with Crippen LogP contribution >= 0.6 is 11.6 Å². The van der Waals surface area contributed by atoms with Crippen molar-refractivity contribution < 1.29 is 13.7 Å². The highest BCUT2D eigenvalue weighted by Crippen LogP contribution is 2.34. The molecule has 1 atom stereocenters. The van der Waals surface area contributed by atoms with Crippen LogP contribution in [0.2, 0.25) is 5.02 Å². The zero-order chi connectivity index (χ0) is 17.4. The van der Waals surface area contributed by atoms with Gasteiger partial charge >= 0.3 is 0 Å². The van der Waals surface area contributed by atoms with Crippen molar-refractivity contribution in [2.75, 3.05) is 6.54 Å². The van der Waals surface area contributed by atoms with Crippen LogP contribution in [-0.2, 0) is 4.79 Å². The average molecular weight is 364 g/mol. The number of halogens is 2. The van der Waals surface area contributed by atoms with E-state index >= 15 is 0 Å². The van der Waals surface area contributed by atoms with Gasteiger partial charge in [0.1, 0.15) is 5.82 Å². The number of nitrogens with zero attached hydrogens (tertiary/aromatic N) is 3. The smallest absolute Gasteiger partial charge is 0.259 e. The number of aromatic nitrogens is 2. The zero-order valence-corrected chi connectivity index (χ0v) is 14.5. The van der Waals surface area contributed by atoms with Crippen LogP contribution in [0.4, 0.5) is 4.39 Å². The minimum atomic E-state index is -0.419. The molecule has 0 spiro atoms. The van der Waals surface area contributed by atoms with E-state index in [2.05, 4.69) is 10.1 Å². The molecule has 1 aromatic heterocycles. The Morgan fingerprint density at radius 1 is 1.24 bits per heavy atom. The number of hydrogen-bond donors (Lipinski definition) is 0. The lowest BCUT2D eigenvalue weighted by Gasteiger charge is -2.31. The second-order valence-electron chi connectivity index (χ2n) is 6.82. The molecule has 2 aromatic rings. The van der Waals surface area contributed by atoms with Gasteiger partial charge in [-0.2, -0.15) is 4.98 Å². The minimum Gasteiger partial charge on any atom is -0.339 e. The Morgan fingerprint density at radius 2 is 2.04 bits per heavy atom. The first-order chi connectivity index (χ1) is 12.1. The number of likely N-dealkylation sites (tertiary alicyclic amines) is 1. The SMILES string of the molecule is O=C1CC(c2noc(-c3ccc(F)cc3Cl)n2)CN1C1CCCCC1. The van der Waals surface area contributed by atoms with Crippen molar-refractivity contribution >= 4 is 17.5 Å². The summed E-state index contributed by atoms with van der Waals surface area (Å²) in [6.45, 7) is 0.639. The summed E-state index contributed by atoms with van der Waals surface area (Å²) in [7, 11) is 0. The number of carbonyl (C=O) groups is 1. The molecule has 132 valence electrons. The Kier molecular flexibility index (Phi) is 4.46. The van der Waals surface area contributed by atoms with Crippen molar-refractivity contribution in [3.63, 3.8) is 0 Å². The maximum absolute atomic E-state index is 13.2. The van der Waals surface area contributed by atoms with E-state index in [1.165, 1.54) is 37.5 Å². The van der Waals surface area contributed by atoms with Crippen LogP contribution < -0.4 is 0 Å². The number of amides is 1. The first-order valence-corrected chi connectivity index (χ1v) is 9.08. The van der Waals surface area contributed by atoms with Crippen LogP contribution in [0.15, 0.2) is 22.7 Å². The van der Waals surface area contributed by atoms with Gasteiger partial charge in [-0.15, -0.1) is 0 Å². The summed E-state index contributed by atoms with van der Waals surface area (Å²) in [6.07, 6.45) is 6.21. The van der Waals surface area contributed by atoms with E-state index in [1.807, 2.05) is 4.90 Å². The second kappa shape index (κ2) is 6.75. The van der Waals surface area contributed by atoms with Crippen molar-refractivity contribution in [2.45, 2.75) is 50.5 Å². The van der Waals surface area contributed by atoms with Gasteiger partial charge in [-0.3, -0.25) is 4.79 Å². The third-order valence-corrected chi connectivity index (χ3v) is 5.46. The first-order valence-electron chi connectivity index (χ1n) is 8.70. The molecule has 1 aliphatic heterocycles. The largest absolute Gasteiger partial charge is 0.339 e. The summed E-state index contributed by atoms with van der Waals surface area (Å²) in [6, 6.07) is 4.38. The second-order valence-corrected chi connectivity index (χ2v) is 7.23. The van der Waals surface area contributed by atoms with Gasteiger partial charge in [0.25, 0.3) is 5.89 Å². The van der Waals surface area contributed by atoms with E-state index in [4.69, 9.17) is 16.1 Å². The quantitative estimate of drug-likeness (QED) is 0.820. The topological polar surface area (TPSA) is 59.2 Å². The fourth-order valence-electron chi connectivity index (χ4n) is 3.82. The van der Waals surface area contributed by atoms with Gasteiger partial charge in [0.2, 0.25) is 5.91 Å². The highest BCUT2D eigenvalue weighted by molar-refractivity contribution is 6.33. The molecular weight excluding hydrogens is 345 g/mol. The van der Waals surface area contributed by atoms with Gasteiger partial charge in [-0.1, -0.05) is 36.0 Å². The maximum Gasteiger partial charge on any atom is 0.259 e. The standard InChI is InChI=1S/C18H19ClFN3O2/c19-15-9-12(20)6-7-14(15)18-21-17(22-25-18)11-8-16(24)23(10-11)13-4-2-1-3-5-13/h6-7,9,11,13H,1-5,8,10H2. The van der Waals surface area contributed by atoms with Crippen LogP contribution in [0.1, 0.15) is 50.3 Å². The maximum atomic E-state index is 13.2. The predicted octanol–water partition coefficient (Wildman–Crippen LogP) is 4.18. The van der Waals surface area contributed by atoms with Crippen LogP contribution in [0.5, 0.6) is 0 Å². The molecule has 2 fully saturated rings. The fraction of sp³-hybridized carbons (Fsp3) is 0.500. The molecule has 25 heavy (non-hydrogen) atoms. The van der Waals surface area contributed by atoms with Crippen molar-refractivity contribution in [1.29, 1.82) is 0 Å². The molecule has 1 aliphatic carbocycles. The molecule has 1 aromatic carbocycles. The van der Waals surface area contributed by atoms with Crippen LogP contribution in [-0.4, -0.2) is 33.5 Å². The molecule has 2 aliphatic rings. The summed E-state index contributed by atoms with van der Waals surface area (Å²) in [4.78, 5) is 18.8. The van der Waals surface area contributed by atoms with E-state index in [-0.39, 0.29) is 22.7 Å². The monoisotopic (exact) mass is 363 g/mol. The van der Waals surface area contributed by atoms with Gasteiger partial charge in [-0.25, -0.2) is 4.39 Å². The zero-order valence-electron chi connectivity index (χ0n) is 13.8. The molecule has 1 saturated heterocycles. The highest BCUT2D eigenvalue weighted by atomic mass is 35.5. The Hall–Kier alpha value is -1.95. The summed E-state index contributed by atoms with van der Waals surface area (Å²) in [5, 5.41) is 4.26. The Morgan fingerprint density at radius 3 is 2.80 bits per heavy atom. The average Bonchev–Trinajstić information content (AvgIpc) is 3.22. The van der Waals surface area contributed by atoms with Crippen molar-refractivity contribution in [3.05, 3.63) is 34.9 Å². The van der Waals surface area contributed by atoms with Crippen molar-refractivity contribution in [3.8, 4) is 11.5 Å². The molecule has 2 heterocycles. The molecule has 1 amide bonds. The molecular formula is C18H19ClFN3O2. The molecule has 7 heteroatoms. The summed E-state index contributed by atoms with van der Waals surface area (Å²) < 4.78 is 18.5. The number of benzene rings is 1. The number of rotatable bonds is 3. The van der Waals surface area contributed by atoms with Gasteiger partial charge in [0.05, 0.1) is 10.6 Å². The van der Waals surface area contributed by atoms with E-state index in [9.17, 15) is 9.18 Å². The van der Waals surface area contributed by atoms with Gasteiger partial charge in [0, 0.05) is 24.9 Å². The lowest BCUT2D eigenvalue weighted by molar-refractivity contribution is -0.130. The van der Waals surface area contributed by atoms with E-state index in [1.54, 1.807) is 0 Å². The number of carbonyl (C=O) groups excluding carboxylic acids is 1.